The van der Waals surface area contributed by atoms with Crippen molar-refractivity contribution in [2.45, 2.75) is 6.10 Å². The van der Waals surface area contributed by atoms with Gasteiger partial charge in [0.25, 0.3) is 0 Å². The number of nitrogens with one attached hydrogen (secondary N) is 2. The summed E-state index contributed by atoms with van der Waals surface area (Å²) in [7, 11) is 0. The van der Waals surface area contributed by atoms with Crippen LogP contribution in [0.25, 0.3) is 10.6 Å². The Morgan fingerprint density at radius 2 is 2.50 bits per heavy atom. The van der Waals surface area contributed by atoms with E-state index in [4.69, 9.17) is 4.74 Å². The van der Waals surface area contributed by atoms with Gasteiger partial charge in [-0.25, -0.2) is 4.98 Å². The summed E-state index contributed by atoms with van der Waals surface area (Å²) in [5, 5.41) is 5.36. The molecule has 0 amide bonds. The molecule has 84 valence electrons. The lowest BCUT2D eigenvalue weighted by atomic mass is 10.3. The first-order valence-electron chi connectivity index (χ1n) is 5.34. The van der Waals surface area contributed by atoms with E-state index in [0.717, 1.165) is 31.2 Å². The molecular formula is C11H13N3OS. The van der Waals surface area contributed by atoms with E-state index >= 15 is 0 Å². The Bertz CT molecular complexity index is 446. The van der Waals surface area contributed by atoms with Crippen molar-refractivity contribution in [3.05, 3.63) is 29.5 Å². The summed E-state index contributed by atoms with van der Waals surface area (Å²) in [4.78, 5) is 8.91. The van der Waals surface area contributed by atoms with Crippen molar-refractivity contribution in [1.29, 1.82) is 0 Å². The molecule has 5 heteroatoms. The highest BCUT2D eigenvalue weighted by Crippen LogP contribution is 2.25. The minimum Gasteiger partial charge on any atom is -0.368 e. The van der Waals surface area contributed by atoms with Gasteiger partial charge in [-0.05, 0) is 11.4 Å². The molecule has 4 nitrogen and oxygen atoms in total. The molecule has 3 heterocycles. The van der Waals surface area contributed by atoms with Gasteiger partial charge < -0.3 is 15.0 Å². The number of aromatic nitrogens is 2. The average Bonchev–Trinajstić information content (AvgIpc) is 3.01. The van der Waals surface area contributed by atoms with Gasteiger partial charge in [0.05, 0.1) is 23.4 Å². The Kier molecular flexibility index (Phi) is 2.73. The summed E-state index contributed by atoms with van der Waals surface area (Å²) in [5.41, 5.74) is 1.07. The van der Waals surface area contributed by atoms with Crippen molar-refractivity contribution in [1.82, 2.24) is 15.3 Å². The van der Waals surface area contributed by atoms with Gasteiger partial charge in [0, 0.05) is 13.1 Å². The maximum absolute atomic E-state index is 5.64. The van der Waals surface area contributed by atoms with Crippen LogP contribution in [0, 0.1) is 0 Å². The van der Waals surface area contributed by atoms with Crippen LogP contribution >= 0.6 is 11.3 Å². The molecule has 0 radical (unpaired) electrons. The van der Waals surface area contributed by atoms with E-state index in [1.807, 2.05) is 12.3 Å². The molecule has 1 unspecified atom stereocenters. The minimum absolute atomic E-state index is 0.0578. The number of morpholine rings is 1. The zero-order chi connectivity index (χ0) is 10.8. The van der Waals surface area contributed by atoms with E-state index < -0.39 is 0 Å². The maximum atomic E-state index is 5.64. The Morgan fingerprint density at radius 3 is 3.25 bits per heavy atom. The molecule has 1 aliphatic heterocycles. The number of nitrogens with zero attached hydrogens (tertiary/aromatic N) is 1. The quantitative estimate of drug-likeness (QED) is 0.834. The molecule has 1 aliphatic rings. The number of hydrogen-bond donors (Lipinski definition) is 2. The third kappa shape index (κ3) is 1.89. The van der Waals surface area contributed by atoms with E-state index in [1.165, 1.54) is 4.88 Å². The largest absolute Gasteiger partial charge is 0.368 e. The van der Waals surface area contributed by atoms with E-state index in [9.17, 15) is 0 Å². The second kappa shape index (κ2) is 4.37. The molecule has 0 bridgehead atoms. The smallest absolute Gasteiger partial charge is 0.137 e. The molecule has 3 rings (SSSR count). The number of imidazole rings is 1. The number of ether oxygens (including phenoxy) is 1. The van der Waals surface area contributed by atoms with Crippen molar-refractivity contribution in [3.63, 3.8) is 0 Å². The summed E-state index contributed by atoms with van der Waals surface area (Å²) in [6, 6.07) is 4.13. The monoisotopic (exact) mass is 235 g/mol. The molecule has 0 aliphatic carbocycles. The molecular weight excluding hydrogens is 222 g/mol. The normalized spacial score (nSPS) is 21.1. The molecule has 16 heavy (non-hydrogen) atoms. The second-order valence-corrected chi connectivity index (χ2v) is 4.67. The Morgan fingerprint density at radius 1 is 1.50 bits per heavy atom. The van der Waals surface area contributed by atoms with Gasteiger partial charge in [-0.2, -0.15) is 0 Å². The van der Waals surface area contributed by atoms with E-state index in [1.54, 1.807) is 11.3 Å². The van der Waals surface area contributed by atoms with Gasteiger partial charge in [0.15, 0.2) is 0 Å². The van der Waals surface area contributed by atoms with Gasteiger partial charge in [-0.1, -0.05) is 6.07 Å². The lowest BCUT2D eigenvalue weighted by molar-refractivity contribution is 0.0227. The first-order chi connectivity index (χ1) is 7.93. The van der Waals surface area contributed by atoms with Crippen molar-refractivity contribution < 1.29 is 4.74 Å². The summed E-state index contributed by atoms with van der Waals surface area (Å²) in [5.74, 6) is 0.913. The van der Waals surface area contributed by atoms with Crippen LogP contribution in [-0.4, -0.2) is 29.7 Å². The van der Waals surface area contributed by atoms with Crippen LogP contribution in [0.3, 0.4) is 0 Å². The number of H-pyrrole nitrogens is 1. The summed E-state index contributed by atoms with van der Waals surface area (Å²) < 4.78 is 5.64. The molecule has 2 aromatic rings. The summed E-state index contributed by atoms with van der Waals surface area (Å²) >= 11 is 1.71. The number of aromatic amines is 1. The third-order valence-corrected chi connectivity index (χ3v) is 3.52. The Labute approximate surface area is 97.7 Å². The van der Waals surface area contributed by atoms with Crippen LogP contribution in [0.2, 0.25) is 0 Å². The molecule has 0 spiro atoms. The van der Waals surface area contributed by atoms with Gasteiger partial charge in [-0.15, -0.1) is 11.3 Å². The topological polar surface area (TPSA) is 49.9 Å². The van der Waals surface area contributed by atoms with Gasteiger partial charge >= 0.3 is 0 Å². The fourth-order valence-corrected chi connectivity index (χ4v) is 2.49. The maximum Gasteiger partial charge on any atom is 0.137 e. The first-order valence-corrected chi connectivity index (χ1v) is 6.22. The van der Waals surface area contributed by atoms with Crippen LogP contribution in [0.4, 0.5) is 0 Å². The third-order valence-electron chi connectivity index (χ3n) is 2.61. The van der Waals surface area contributed by atoms with Gasteiger partial charge in [0.1, 0.15) is 11.9 Å². The standard InChI is InChI=1S/C11H13N3OS/c1-2-10(16-5-1)8-6-13-11(14-8)9-7-12-3-4-15-9/h1-2,5-6,9,12H,3-4,7H2,(H,13,14). The van der Waals surface area contributed by atoms with Crippen molar-refractivity contribution >= 4 is 11.3 Å². The molecule has 1 saturated heterocycles. The molecule has 0 aromatic carbocycles. The van der Waals surface area contributed by atoms with Gasteiger partial charge in [-0.3, -0.25) is 0 Å². The molecule has 2 N–H and O–H groups in total. The summed E-state index contributed by atoms with van der Waals surface area (Å²) in [6.45, 7) is 2.51. The molecule has 1 atom stereocenters. The highest BCUT2D eigenvalue weighted by molar-refractivity contribution is 7.13. The summed E-state index contributed by atoms with van der Waals surface area (Å²) in [6.07, 6.45) is 1.93. The minimum atomic E-state index is 0.0578. The van der Waals surface area contributed by atoms with Crippen LogP contribution in [0.1, 0.15) is 11.9 Å². The lowest BCUT2D eigenvalue weighted by Crippen LogP contribution is -2.33. The highest BCUT2D eigenvalue weighted by Gasteiger charge is 2.18. The lowest BCUT2D eigenvalue weighted by Gasteiger charge is -2.21. The molecule has 2 aromatic heterocycles. The molecule has 0 saturated carbocycles. The Balaban J connectivity index is 1.82. The first kappa shape index (κ1) is 10.0. The van der Waals surface area contributed by atoms with Crippen molar-refractivity contribution in [2.75, 3.05) is 19.7 Å². The van der Waals surface area contributed by atoms with Crippen LogP contribution in [-0.2, 0) is 4.74 Å². The van der Waals surface area contributed by atoms with E-state index in [0.29, 0.717) is 0 Å². The van der Waals surface area contributed by atoms with Crippen molar-refractivity contribution in [3.8, 4) is 10.6 Å². The SMILES string of the molecule is c1csc(-c2cnc(C3CNCCO3)[nH]2)c1. The van der Waals surface area contributed by atoms with Crippen LogP contribution < -0.4 is 5.32 Å². The highest BCUT2D eigenvalue weighted by atomic mass is 32.1. The van der Waals surface area contributed by atoms with Crippen LogP contribution in [0.15, 0.2) is 23.7 Å². The zero-order valence-corrected chi connectivity index (χ0v) is 9.59. The van der Waals surface area contributed by atoms with E-state index in [2.05, 4.69) is 26.7 Å². The fraction of sp³-hybridized carbons (Fsp3) is 0.364. The van der Waals surface area contributed by atoms with Gasteiger partial charge in [0.2, 0.25) is 0 Å². The Hall–Kier alpha value is -1.17. The number of rotatable bonds is 2. The van der Waals surface area contributed by atoms with Crippen molar-refractivity contribution in [2.24, 2.45) is 0 Å². The fourth-order valence-electron chi connectivity index (χ4n) is 1.80. The predicted octanol–water partition coefficient (Wildman–Crippen LogP) is 1.80. The average molecular weight is 235 g/mol. The zero-order valence-electron chi connectivity index (χ0n) is 8.77. The van der Waals surface area contributed by atoms with Crippen LogP contribution in [0.5, 0.6) is 0 Å². The number of hydrogen-bond acceptors (Lipinski definition) is 4. The predicted molar refractivity (Wildman–Crippen MR) is 63.5 cm³/mol. The van der Waals surface area contributed by atoms with E-state index in [-0.39, 0.29) is 6.10 Å². The number of thiophene rings is 1. The molecule has 1 fully saturated rings. The second-order valence-electron chi connectivity index (χ2n) is 3.72.